The minimum Gasteiger partial charge on any atom is -0.314 e. The first kappa shape index (κ1) is 13.2. The lowest BCUT2D eigenvalue weighted by molar-refractivity contribution is 0.344. The van der Waals surface area contributed by atoms with E-state index in [4.69, 9.17) is 0 Å². The maximum Gasteiger partial charge on any atom is 0.00727 e. The minimum atomic E-state index is 0.745. The van der Waals surface area contributed by atoms with E-state index in [1.165, 1.54) is 44.9 Å². The molecule has 0 bridgehead atoms. The van der Waals surface area contributed by atoms with Crippen molar-refractivity contribution < 1.29 is 0 Å². The van der Waals surface area contributed by atoms with Crippen molar-refractivity contribution in [1.82, 2.24) is 5.32 Å². The molecule has 1 aromatic carbocycles. The summed E-state index contributed by atoms with van der Waals surface area (Å²) >= 11 is 0. The fourth-order valence-electron chi connectivity index (χ4n) is 3.75. The highest BCUT2D eigenvalue weighted by molar-refractivity contribution is 5.29. The molecule has 1 aromatic rings. The average molecular weight is 257 g/mol. The van der Waals surface area contributed by atoms with E-state index < -0.39 is 0 Å². The zero-order valence-electron chi connectivity index (χ0n) is 12.2. The molecule has 0 spiro atoms. The van der Waals surface area contributed by atoms with Gasteiger partial charge in [-0.25, -0.2) is 0 Å². The van der Waals surface area contributed by atoms with Crippen LogP contribution < -0.4 is 5.32 Å². The van der Waals surface area contributed by atoms with Gasteiger partial charge in [-0.2, -0.15) is 0 Å². The third-order valence-corrected chi connectivity index (χ3v) is 5.15. The number of benzene rings is 1. The molecule has 2 saturated carbocycles. The van der Waals surface area contributed by atoms with E-state index in [1.807, 2.05) is 0 Å². The summed E-state index contributed by atoms with van der Waals surface area (Å²) in [6, 6.07) is 10.4. The van der Waals surface area contributed by atoms with Crippen LogP contribution in [0.4, 0.5) is 0 Å². The Morgan fingerprint density at radius 3 is 2.05 bits per heavy atom. The van der Waals surface area contributed by atoms with Crippen molar-refractivity contribution in [3.8, 4) is 0 Å². The van der Waals surface area contributed by atoms with Crippen LogP contribution in [0, 0.1) is 0 Å². The van der Waals surface area contributed by atoms with Gasteiger partial charge in [0.15, 0.2) is 0 Å². The van der Waals surface area contributed by atoms with Gasteiger partial charge in [-0.15, -0.1) is 0 Å². The fraction of sp³-hybridized carbons (Fsp3) is 0.667. The van der Waals surface area contributed by atoms with Gasteiger partial charge < -0.3 is 5.32 Å². The molecule has 0 aromatic heterocycles. The molecule has 2 atom stereocenters. The van der Waals surface area contributed by atoms with Gasteiger partial charge in [0.05, 0.1) is 0 Å². The summed E-state index contributed by atoms with van der Waals surface area (Å²) in [5.74, 6) is 1.66. The van der Waals surface area contributed by atoms with Gasteiger partial charge >= 0.3 is 0 Å². The van der Waals surface area contributed by atoms with Crippen molar-refractivity contribution in [3.63, 3.8) is 0 Å². The molecule has 2 unspecified atom stereocenters. The van der Waals surface area contributed by atoms with Crippen LogP contribution in [0.5, 0.6) is 0 Å². The van der Waals surface area contributed by atoms with Crippen LogP contribution in [-0.4, -0.2) is 12.6 Å². The molecule has 104 valence electrons. The quantitative estimate of drug-likeness (QED) is 0.832. The summed E-state index contributed by atoms with van der Waals surface area (Å²) in [4.78, 5) is 0. The first-order valence-corrected chi connectivity index (χ1v) is 8.20. The Morgan fingerprint density at radius 1 is 0.895 bits per heavy atom. The molecule has 0 saturated heterocycles. The molecular weight excluding hydrogens is 230 g/mol. The van der Waals surface area contributed by atoms with E-state index >= 15 is 0 Å². The van der Waals surface area contributed by atoms with Crippen molar-refractivity contribution in [3.05, 3.63) is 35.4 Å². The van der Waals surface area contributed by atoms with Crippen molar-refractivity contribution in [2.45, 2.75) is 69.7 Å². The molecule has 1 heteroatoms. The van der Waals surface area contributed by atoms with Crippen LogP contribution in [0.15, 0.2) is 24.3 Å². The molecule has 2 aliphatic carbocycles. The summed E-state index contributed by atoms with van der Waals surface area (Å²) in [6.45, 7) is 3.33. The van der Waals surface area contributed by atoms with Gasteiger partial charge in [0.2, 0.25) is 0 Å². The van der Waals surface area contributed by atoms with Crippen molar-refractivity contribution in [2.24, 2.45) is 0 Å². The van der Waals surface area contributed by atoms with Crippen molar-refractivity contribution in [2.75, 3.05) is 6.54 Å². The van der Waals surface area contributed by atoms with Gasteiger partial charge in [-0.05, 0) is 61.6 Å². The van der Waals surface area contributed by atoms with E-state index in [-0.39, 0.29) is 0 Å². The summed E-state index contributed by atoms with van der Waals surface area (Å²) in [5.41, 5.74) is 3.15. The smallest absolute Gasteiger partial charge is 0.00727 e. The van der Waals surface area contributed by atoms with Crippen LogP contribution in [0.1, 0.15) is 74.8 Å². The molecule has 2 fully saturated rings. The highest BCUT2D eigenvalue weighted by Crippen LogP contribution is 2.38. The maximum absolute atomic E-state index is 3.63. The zero-order chi connectivity index (χ0) is 13.1. The first-order valence-electron chi connectivity index (χ1n) is 8.20. The summed E-state index contributed by atoms with van der Waals surface area (Å²) in [7, 11) is 0. The molecule has 0 amide bonds. The molecule has 2 aliphatic rings. The number of hydrogen-bond acceptors (Lipinski definition) is 1. The highest BCUT2D eigenvalue weighted by atomic mass is 14.9. The Kier molecular flexibility index (Phi) is 4.22. The third-order valence-electron chi connectivity index (χ3n) is 5.15. The lowest BCUT2D eigenvalue weighted by Gasteiger charge is -2.31. The Hall–Kier alpha value is -0.820. The topological polar surface area (TPSA) is 12.0 Å². The summed E-state index contributed by atoms with van der Waals surface area (Å²) in [6.07, 6.45) is 9.70. The van der Waals surface area contributed by atoms with Crippen LogP contribution in [0.3, 0.4) is 0 Å². The Balaban J connectivity index is 1.64. The van der Waals surface area contributed by atoms with Crippen LogP contribution in [0.25, 0.3) is 0 Å². The molecule has 0 radical (unpaired) electrons. The predicted molar refractivity (Wildman–Crippen MR) is 81.7 cm³/mol. The van der Waals surface area contributed by atoms with E-state index in [0.29, 0.717) is 0 Å². The number of hydrogen-bond donors (Lipinski definition) is 1. The maximum atomic E-state index is 3.63. The number of nitrogens with one attached hydrogen (secondary N) is 1. The van der Waals surface area contributed by atoms with Gasteiger partial charge in [0, 0.05) is 6.04 Å². The van der Waals surface area contributed by atoms with Crippen molar-refractivity contribution >= 4 is 0 Å². The third kappa shape index (κ3) is 3.02. The van der Waals surface area contributed by atoms with E-state index in [0.717, 1.165) is 24.4 Å². The Labute approximate surface area is 117 Å². The minimum absolute atomic E-state index is 0.745. The van der Waals surface area contributed by atoms with E-state index in [2.05, 4.69) is 36.5 Å². The lowest BCUT2D eigenvalue weighted by Crippen LogP contribution is -2.33. The van der Waals surface area contributed by atoms with Gasteiger partial charge in [0.25, 0.3) is 0 Å². The molecule has 1 N–H and O–H groups in total. The SMILES string of the molecule is CCNC1CCCC(c2ccc(C3CCC3)cc2)C1. The van der Waals surface area contributed by atoms with Gasteiger partial charge in [0.1, 0.15) is 0 Å². The van der Waals surface area contributed by atoms with Gasteiger partial charge in [-0.3, -0.25) is 0 Å². The van der Waals surface area contributed by atoms with E-state index in [9.17, 15) is 0 Å². The molecule has 19 heavy (non-hydrogen) atoms. The second kappa shape index (κ2) is 6.09. The summed E-state index contributed by atoms with van der Waals surface area (Å²) < 4.78 is 0. The molecule has 1 nitrogen and oxygen atoms in total. The van der Waals surface area contributed by atoms with E-state index in [1.54, 1.807) is 11.1 Å². The van der Waals surface area contributed by atoms with Gasteiger partial charge in [-0.1, -0.05) is 44.0 Å². The highest BCUT2D eigenvalue weighted by Gasteiger charge is 2.23. The summed E-state index contributed by atoms with van der Waals surface area (Å²) in [5, 5.41) is 3.63. The van der Waals surface area contributed by atoms with Crippen molar-refractivity contribution in [1.29, 1.82) is 0 Å². The monoisotopic (exact) mass is 257 g/mol. The zero-order valence-corrected chi connectivity index (χ0v) is 12.2. The predicted octanol–water partition coefficient (Wildman–Crippen LogP) is 4.59. The average Bonchev–Trinajstić information content (AvgIpc) is 2.38. The Bertz CT molecular complexity index is 389. The fourth-order valence-corrected chi connectivity index (χ4v) is 3.75. The molecule has 0 aliphatic heterocycles. The molecule has 3 rings (SSSR count). The normalized spacial score (nSPS) is 28.1. The lowest BCUT2D eigenvalue weighted by atomic mass is 9.78. The second-order valence-corrected chi connectivity index (χ2v) is 6.41. The molecular formula is C18H27N. The largest absolute Gasteiger partial charge is 0.314 e. The van der Waals surface area contributed by atoms with Crippen LogP contribution in [-0.2, 0) is 0 Å². The molecule has 0 heterocycles. The van der Waals surface area contributed by atoms with Crippen LogP contribution >= 0.6 is 0 Å². The second-order valence-electron chi connectivity index (χ2n) is 6.41. The standard InChI is InChI=1S/C18H27N/c1-2-19-18-8-4-7-17(13-18)16-11-9-15(10-12-16)14-5-3-6-14/h9-12,14,17-19H,2-8,13H2,1H3. The Morgan fingerprint density at radius 2 is 1.47 bits per heavy atom. The first-order chi connectivity index (χ1) is 9.36. The van der Waals surface area contributed by atoms with Crippen LogP contribution in [0.2, 0.25) is 0 Å². The number of rotatable bonds is 4.